The van der Waals surface area contributed by atoms with Crippen molar-refractivity contribution in [2.24, 2.45) is 0 Å². The SMILES string of the molecule is CC(C)OCCNC(=O)N1CCOCC1C(=O)O. The highest BCUT2D eigenvalue weighted by molar-refractivity contribution is 5.82. The quantitative estimate of drug-likeness (QED) is 0.674. The van der Waals surface area contributed by atoms with Crippen LogP contribution in [0.2, 0.25) is 0 Å². The van der Waals surface area contributed by atoms with Crippen LogP contribution in [0.15, 0.2) is 0 Å². The average molecular weight is 260 g/mol. The zero-order valence-corrected chi connectivity index (χ0v) is 10.7. The highest BCUT2D eigenvalue weighted by atomic mass is 16.5. The number of nitrogens with one attached hydrogen (secondary N) is 1. The molecule has 2 N–H and O–H groups in total. The third-order valence-electron chi connectivity index (χ3n) is 2.50. The Labute approximate surface area is 106 Å². The van der Waals surface area contributed by atoms with E-state index in [4.69, 9.17) is 14.6 Å². The Kier molecular flexibility index (Phi) is 5.87. The molecule has 0 spiro atoms. The number of morpholine rings is 1. The molecule has 7 heteroatoms. The van der Waals surface area contributed by atoms with Crippen molar-refractivity contribution >= 4 is 12.0 Å². The fourth-order valence-electron chi connectivity index (χ4n) is 1.61. The molecule has 18 heavy (non-hydrogen) atoms. The second-order valence-electron chi connectivity index (χ2n) is 4.27. The first-order valence-corrected chi connectivity index (χ1v) is 5.99. The Morgan fingerprint density at radius 2 is 2.28 bits per heavy atom. The monoisotopic (exact) mass is 260 g/mol. The number of carboxylic acid groups (broad SMARTS) is 1. The summed E-state index contributed by atoms with van der Waals surface area (Å²) in [7, 11) is 0. The molecule has 7 nitrogen and oxygen atoms in total. The molecule has 1 fully saturated rings. The molecule has 1 saturated heterocycles. The summed E-state index contributed by atoms with van der Waals surface area (Å²) in [4.78, 5) is 24.0. The lowest BCUT2D eigenvalue weighted by molar-refractivity contribution is -0.147. The van der Waals surface area contributed by atoms with Crippen LogP contribution in [0.4, 0.5) is 4.79 Å². The number of nitrogens with zero attached hydrogens (tertiary/aromatic N) is 1. The highest BCUT2D eigenvalue weighted by Crippen LogP contribution is 2.07. The number of aliphatic carboxylic acids is 1. The number of hydrogen-bond acceptors (Lipinski definition) is 4. The summed E-state index contributed by atoms with van der Waals surface area (Å²) in [5.41, 5.74) is 0. The largest absolute Gasteiger partial charge is 0.480 e. The summed E-state index contributed by atoms with van der Waals surface area (Å²) in [6.07, 6.45) is 0.108. The van der Waals surface area contributed by atoms with Gasteiger partial charge in [-0.25, -0.2) is 9.59 Å². The first-order valence-electron chi connectivity index (χ1n) is 5.99. The number of amides is 2. The van der Waals surface area contributed by atoms with E-state index in [1.54, 1.807) is 0 Å². The Bertz CT molecular complexity index is 295. The van der Waals surface area contributed by atoms with Gasteiger partial charge in [-0.15, -0.1) is 0 Å². The van der Waals surface area contributed by atoms with Gasteiger partial charge in [0.2, 0.25) is 0 Å². The second kappa shape index (κ2) is 7.17. The van der Waals surface area contributed by atoms with Gasteiger partial charge in [-0.05, 0) is 13.8 Å². The number of rotatable bonds is 5. The van der Waals surface area contributed by atoms with Crippen LogP contribution in [0.1, 0.15) is 13.8 Å². The number of carboxylic acids is 1. The number of hydrogen-bond donors (Lipinski definition) is 2. The molecule has 1 rings (SSSR count). The van der Waals surface area contributed by atoms with E-state index in [-0.39, 0.29) is 19.3 Å². The zero-order chi connectivity index (χ0) is 13.5. The number of carbonyl (C=O) groups is 2. The predicted octanol–water partition coefficient (Wildman–Crippen LogP) is -0.0936. The molecule has 1 aliphatic rings. The van der Waals surface area contributed by atoms with E-state index < -0.39 is 18.0 Å². The van der Waals surface area contributed by atoms with Crippen LogP contribution in [-0.2, 0) is 14.3 Å². The summed E-state index contributed by atoms with van der Waals surface area (Å²) in [5.74, 6) is -1.05. The average Bonchev–Trinajstić information content (AvgIpc) is 2.34. The van der Waals surface area contributed by atoms with Crippen LogP contribution in [0.3, 0.4) is 0 Å². The Morgan fingerprint density at radius 3 is 2.89 bits per heavy atom. The third kappa shape index (κ3) is 4.50. The van der Waals surface area contributed by atoms with Gasteiger partial charge in [0.15, 0.2) is 6.04 Å². The van der Waals surface area contributed by atoms with Crippen LogP contribution < -0.4 is 5.32 Å². The minimum absolute atomic E-state index is 0.0330. The van der Waals surface area contributed by atoms with Gasteiger partial charge in [0.1, 0.15) is 0 Å². The second-order valence-corrected chi connectivity index (χ2v) is 4.27. The van der Waals surface area contributed by atoms with Crippen molar-refractivity contribution < 1.29 is 24.2 Å². The van der Waals surface area contributed by atoms with Crippen LogP contribution in [0, 0.1) is 0 Å². The van der Waals surface area contributed by atoms with Gasteiger partial charge in [-0.1, -0.05) is 0 Å². The topological polar surface area (TPSA) is 88.1 Å². The van der Waals surface area contributed by atoms with Crippen molar-refractivity contribution in [3.05, 3.63) is 0 Å². The molecule has 2 amide bonds. The first kappa shape index (κ1) is 14.7. The summed E-state index contributed by atoms with van der Waals surface area (Å²) in [5, 5.41) is 11.6. The summed E-state index contributed by atoms with van der Waals surface area (Å²) in [6.45, 7) is 5.26. The van der Waals surface area contributed by atoms with E-state index in [0.29, 0.717) is 19.8 Å². The highest BCUT2D eigenvalue weighted by Gasteiger charge is 2.32. The lowest BCUT2D eigenvalue weighted by Crippen LogP contribution is -2.56. The van der Waals surface area contributed by atoms with Gasteiger partial charge < -0.3 is 24.8 Å². The predicted molar refractivity (Wildman–Crippen MR) is 63.4 cm³/mol. The molecule has 0 aliphatic carbocycles. The lowest BCUT2D eigenvalue weighted by Gasteiger charge is -2.32. The molecule has 0 aromatic carbocycles. The lowest BCUT2D eigenvalue weighted by atomic mass is 10.2. The van der Waals surface area contributed by atoms with Gasteiger partial charge in [-0.3, -0.25) is 0 Å². The van der Waals surface area contributed by atoms with Crippen LogP contribution in [0.5, 0.6) is 0 Å². The maximum atomic E-state index is 11.8. The Morgan fingerprint density at radius 1 is 1.56 bits per heavy atom. The smallest absolute Gasteiger partial charge is 0.328 e. The molecule has 0 aromatic rings. The Balaban J connectivity index is 2.36. The number of ether oxygens (including phenoxy) is 2. The van der Waals surface area contributed by atoms with Crippen LogP contribution in [0.25, 0.3) is 0 Å². The van der Waals surface area contributed by atoms with E-state index in [2.05, 4.69) is 5.32 Å². The van der Waals surface area contributed by atoms with E-state index in [1.165, 1.54) is 4.90 Å². The third-order valence-corrected chi connectivity index (χ3v) is 2.50. The van der Waals surface area contributed by atoms with Crippen molar-refractivity contribution in [2.75, 3.05) is 32.9 Å². The van der Waals surface area contributed by atoms with E-state index in [0.717, 1.165) is 0 Å². The normalized spacial score (nSPS) is 19.9. The molecule has 1 atom stereocenters. The number of urea groups is 1. The molecule has 0 radical (unpaired) electrons. The van der Waals surface area contributed by atoms with Crippen molar-refractivity contribution in [3.63, 3.8) is 0 Å². The van der Waals surface area contributed by atoms with Gasteiger partial charge in [0.25, 0.3) is 0 Å². The standard InChI is InChI=1S/C11H20N2O5/c1-8(2)18-5-3-12-11(16)13-4-6-17-7-9(13)10(14)15/h8-9H,3-7H2,1-2H3,(H,12,16)(H,14,15). The maximum Gasteiger partial charge on any atom is 0.328 e. The first-order chi connectivity index (χ1) is 8.52. The van der Waals surface area contributed by atoms with Gasteiger partial charge in [0.05, 0.1) is 25.9 Å². The van der Waals surface area contributed by atoms with Gasteiger partial charge >= 0.3 is 12.0 Å². The Hall–Kier alpha value is -1.34. The molecule has 0 bridgehead atoms. The van der Waals surface area contributed by atoms with Crippen LogP contribution >= 0.6 is 0 Å². The molecule has 1 aliphatic heterocycles. The van der Waals surface area contributed by atoms with E-state index in [9.17, 15) is 9.59 Å². The van der Waals surface area contributed by atoms with Crippen molar-refractivity contribution in [1.29, 1.82) is 0 Å². The van der Waals surface area contributed by atoms with E-state index >= 15 is 0 Å². The van der Waals surface area contributed by atoms with E-state index in [1.807, 2.05) is 13.8 Å². The summed E-state index contributed by atoms with van der Waals surface area (Å²) in [6, 6.07) is -1.30. The minimum Gasteiger partial charge on any atom is -0.480 e. The minimum atomic E-state index is -1.05. The molecule has 0 aromatic heterocycles. The molecule has 104 valence electrons. The number of carbonyl (C=O) groups excluding carboxylic acids is 1. The molecule has 0 saturated carbocycles. The molecular formula is C11H20N2O5. The fourth-order valence-corrected chi connectivity index (χ4v) is 1.61. The molecule has 1 unspecified atom stereocenters. The van der Waals surface area contributed by atoms with Crippen molar-refractivity contribution in [3.8, 4) is 0 Å². The molecular weight excluding hydrogens is 240 g/mol. The summed E-state index contributed by atoms with van der Waals surface area (Å²) < 4.78 is 10.3. The van der Waals surface area contributed by atoms with Gasteiger partial charge in [0, 0.05) is 13.1 Å². The molecule has 1 heterocycles. The van der Waals surface area contributed by atoms with Crippen LogP contribution in [-0.4, -0.2) is 67.1 Å². The van der Waals surface area contributed by atoms with Gasteiger partial charge in [-0.2, -0.15) is 0 Å². The maximum absolute atomic E-state index is 11.8. The van der Waals surface area contributed by atoms with Crippen molar-refractivity contribution in [2.45, 2.75) is 26.0 Å². The zero-order valence-electron chi connectivity index (χ0n) is 10.7. The van der Waals surface area contributed by atoms with Crippen molar-refractivity contribution in [1.82, 2.24) is 10.2 Å². The summed E-state index contributed by atoms with van der Waals surface area (Å²) >= 11 is 0. The fraction of sp³-hybridized carbons (Fsp3) is 0.818.